The maximum atomic E-state index is 11.8. The molecule has 128 valence electrons. The van der Waals surface area contributed by atoms with Crippen LogP contribution < -0.4 is 10.1 Å². The highest BCUT2D eigenvalue weighted by molar-refractivity contribution is 9.10. The quantitative estimate of drug-likeness (QED) is 0.701. The van der Waals surface area contributed by atoms with Gasteiger partial charge in [0.2, 0.25) is 0 Å². The molecule has 0 bridgehead atoms. The number of carbonyl (C=O) groups excluding carboxylic acids is 1. The maximum absolute atomic E-state index is 11.8. The van der Waals surface area contributed by atoms with Crippen LogP contribution in [0.1, 0.15) is 39.4 Å². The van der Waals surface area contributed by atoms with Gasteiger partial charge in [-0.3, -0.25) is 5.32 Å². The maximum Gasteiger partial charge on any atom is 0.412 e. The third-order valence-corrected chi connectivity index (χ3v) is 3.68. The first-order valence-electron chi connectivity index (χ1n) is 7.75. The zero-order chi connectivity index (χ0) is 17.7. The van der Waals surface area contributed by atoms with Crippen molar-refractivity contribution < 1.29 is 14.3 Å². The highest BCUT2D eigenvalue weighted by atomic mass is 79.9. The van der Waals surface area contributed by atoms with Crippen molar-refractivity contribution in [1.82, 2.24) is 0 Å². The SMILES string of the molecule is C[C@@H](Oc1ccc(Br)cc1)c1ccc(NC(=O)OC(C)(C)C)cc1. The number of nitrogens with one attached hydrogen (secondary N) is 1. The zero-order valence-corrected chi connectivity index (χ0v) is 15.9. The largest absolute Gasteiger partial charge is 0.486 e. The Kier molecular flexibility index (Phi) is 5.89. The second kappa shape index (κ2) is 7.71. The molecule has 1 N–H and O–H groups in total. The summed E-state index contributed by atoms with van der Waals surface area (Å²) >= 11 is 3.40. The highest BCUT2D eigenvalue weighted by Gasteiger charge is 2.16. The number of carbonyl (C=O) groups is 1. The zero-order valence-electron chi connectivity index (χ0n) is 14.3. The second-order valence-electron chi connectivity index (χ2n) is 6.46. The Morgan fingerprint density at radius 1 is 1.04 bits per heavy atom. The molecule has 0 saturated heterocycles. The van der Waals surface area contributed by atoms with Crippen molar-refractivity contribution in [2.24, 2.45) is 0 Å². The van der Waals surface area contributed by atoms with Gasteiger partial charge in [0, 0.05) is 10.2 Å². The van der Waals surface area contributed by atoms with Gasteiger partial charge in [0.25, 0.3) is 0 Å². The van der Waals surface area contributed by atoms with Crippen molar-refractivity contribution in [3.8, 4) is 5.75 Å². The Labute approximate surface area is 151 Å². The van der Waals surface area contributed by atoms with Crippen LogP contribution in [0.15, 0.2) is 53.0 Å². The molecule has 0 aliphatic carbocycles. The second-order valence-corrected chi connectivity index (χ2v) is 7.38. The summed E-state index contributed by atoms with van der Waals surface area (Å²) in [5.74, 6) is 0.807. The predicted octanol–water partition coefficient (Wildman–Crippen LogP) is 5.94. The van der Waals surface area contributed by atoms with E-state index in [0.717, 1.165) is 15.8 Å². The third kappa shape index (κ3) is 5.89. The molecule has 24 heavy (non-hydrogen) atoms. The van der Waals surface area contributed by atoms with E-state index in [1.807, 2.05) is 76.2 Å². The van der Waals surface area contributed by atoms with Crippen LogP contribution in [0.5, 0.6) is 5.75 Å². The average Bonchev–Trinajstić information content (AvgIpc) is 2.48. The van der Waals surface area contributed by atoms with E-state index < -0.39 is 11.7 Å². The molecular weight excluding hydrogens is 370 g/mol. The van der Waals surface area contributed by atoms with Gasteiger partial charge in [-0.05, 0) is 69.7 Å². The van der Waals surface area contributed by atoms with Gasteiger partial charge in [0.15, 0.2) is 0 Å². The van der Waals surface area contributed by atoms with E-state index in [9.17, 15) is 4.79 Å². The van der Waals surface area contributed by atoms with E-state index in [2.05, 4.69) is 21.2 Å². The van der Waals surface area contributed by atoms with Crippen LogP contribution in [-0.4, -0.2) is 11.7 Å². The van der Waals surface area contributed by atoms with Crippen LogP contribution in [0, 0.1) is 0 Å². The predicted molar refractivity (Wildman–Crippen MR) is 99.5 cm³/mol. The van der Waals surface area contributed by atoms with Gasteiger partial charge in [-0.25, -0.2) is 4.79 Å². The van der Waals surface area contributed by atoms with Crippen molar-refractivity contribution in [2.45, 2.75) is 39.4 Å². The molecule has 2 aromatic rings. The monoisotopic (exact) mass is 391 g/mol. The summed E-state index contributed by atoms with van der Waals surface area (Å²) in [6, 6.07) is 15.2. The van der Waals surface area contributed by atoms with Gasteiger partial charge in [-0.15, -0.1) is 0 Å². The molecule has 4 nitrogen and oxygen atoms in total. The van der Waals surface area contributed by atoms with Crippen LogP contribution in [0.4, 0.5) is 10.5 Å². The molecule has 1 atom stereocenters. The molecule has 1 amide bonds. The topological polar surface area (TPSA) is 47.6 Å². The van der Waals surface area contributed by atoms with Crippen LogP contribution in [0.2, 0.25) is 0 Å². The Hall–Kier alpha value is -2.01. The first kappa shape index (κ1) is 18.3. The first-order chi connectivity index (χ1) is 11.2. The number of benzene rings is 2. The lowest BCUT2D eigenvalue weighted by Gasteiger charge is -2.20. The molecular formula is C19H22BrNO3. The fourth-order valence-corrected chi connectivity index (χ4v) is 2.31. The first-order valence-corrected chi connectivity index (χ1v) is 8.54. The lowest BCUT2D eigenvalue weighted by molar-refractivity contribution is 0.0636. The molecule has 5 heteroatoms. The summed E-state index contributed by atoms with van der Waals surface area (Å²) in [6.07, 6.45) is -0.559. The summed E-state index contributed by atoms with van der Waals surface area (Å²) in [4.78, 5) is 11.8. The van der Waals surface area contributed by atoms with E-state index >= 15 is 0 Å². The van der Waals surface area contributed by atoms with Gasteiger partial charge >= 0.3 is 6.09 Å². The lowest BCUT2D eigenvalue weighted by Crippen LogP contribution is -2.27. The van der Waals surface area contributed by atoms with Crippen LogP contribution in [0.25, 0.3) is 0 Å². The fraction of sp³-hybridized carbons (Fsp3) is 0.316. The minimum absolute atomic E-state index is 0.0956. The van der Waals surface area contributed by atoms with Gasteiger partial charge in [0.05, 0.1) is 0 Å². The van der Waals surface area contributed by atoms with Crippen molar-refractivity contribution in [1.29, 1.82) is 0 Å². The average molecular weight is 392 g/mol. The minimum atomic E-state index is -0.517. The van der Waals surface area contributed by atoms with Crippen molar-refractivity contribution in [3.63, 3.8) is 0 Å². The molecule has 0 saturated carbocycles. The Morgan fingerprint density at radius 3 is 2.17 bits per heavy atom. The normalized spacial score (nSPS) is 12.4. The van der Waals surface area contributed by atoms with Crippen molar-refractivity contribution >= 4 is 27.7 Å². The van der Waals surface area contributed by atoms with Gasteiger partial charge < -0.3 is 9.47 Å². The number of ether oxygens (including phenoxy) is 2. The van der Waals surface area contributed by atoms with Crippen LogP contribution in [-0.2, 0) is 4.74 Å². The highest BCUT2D eigenvalue weighted by Crippen LogP contribution is 2.24. The molecule has 2 aromatic carbocycles. The van der Waals surface area contributed by atoms with Gasteiger partial charge in [-0.1, -0.05) is 28.1 Å². The number of amides is 1. The molecule has 0 fully saturated rings. The van der Waals surface area contributed by atoms with Gasteiger partial charge in [-0.2, -0.15) is 0 Å². The number of hydrogen-bond donors (Lipinski definition) is 1. The molecule has 0 spiro atoms. The number of rotatable bonds is 4. The standard InChI is InChI=1S/C19H22BrNO3/c1-13(23-17-11-7-15(20)8-12-17)14-5-9-16(10-6-14)21-18(22)24-19(2,3)4/h5-13H,1-4H3,(H,21,22)/t13-/m1/s1. The fourth-order valence-electron chi connectivity index (χ4n) is 2.04. The Morgan fingerprint density at radius 2 is 1.62 bits per heavy atom. The van der Waals surface area contributed by atoms with E-state index in [4.69, 9.17) is 9.47 Å². The molecule has 0 aliphatic rings. The Balaban J connectivity index is 1.95. The summed E-state index contributed by atoms with van der Waals surface area (Å²) in [7, 11) is 0. The molecule has 0 aromatic heterocycles. The van der Waals surface area contributed by atoms with Crippen molar-refractivity contribution in [3.05, 3.63) is 58.6 Å². The van der Waals surface area contributed by atoms with E-state index in [1.165, 1.54) is 0 Å². The van der Waals surface area contributed by atoms with E-state index in [-0.39, 0.29) is 6.10 Å². The van der Waals surface area contributed by atoms with Gasteiger partial charge in [0.1, 0.15) is 17.5 Å². The smallest absolute Gasteiger partial charge is 0.412 e. The van der Waals surface area contributed by atoms with Crippen molar-refractivity contribution in [2.75, 3.05) is 5.32 Å². The Bertz CT molecular complexity index is 675. The molecule has 0 radical (unpaired) electrons. The van der Waals surface area contributed by atoms with Crippen LogP contribution >= 0.6 is 15.9 Å². The summed E-state index contributed by atoms with van der Waals surface area (Å²) in [5.41, 5.74) is 1.19. The molecule has 0 unspecified atom stereocenters. The molecule has 0 aliphatic heterocycles. The van der Waals surface area contributed by atoms with E-state index in [0.29, 0.717) is 5.69 Å². The third-order valence-electron chi connectivity index (χ3n) is 3.15. The minimum Gasteiger partial charge on any atom is -0.486 e. The summed E-state index contributed by atoms with van der Waals surface area (Å²) in [6.45, 7) is 7.48. The summed E-state index contributed by atoms with van der Waals surface area (Å²) in [5, 5.41) is 2.71. The molecule has 2 rings (SSSR count). The summed E-state index contributed by atoms with van der Waals surface area (Å²) < 4.78 is 12.2. The molecule has 0 heterocycles. The number of anilines is 1. The van der Waals surface area contributed by atoms with Crippen LogP contribution in [0.3, 0.4) is 0 Å². The number of halogens is 1. The number of hydrogen-bond acceptors (Lipinski definition) is 3. The lowest BCUT2D eigenvalue weighted by atomic mass is 10.1. The van der Waals surface area contributed by atoms with E-state index in [1.54, 1.807) is 0 Å².